The van der Waals surface area contributed by atoms with Gasteiger partial charge in [-0.25, -0.2) is 4.79 Å². The maximum absolute atomic E-state index is 12.5. The second-order valence-corrected chi connectivity index (χ2v) is 5.38. The topological polar surface area (TPSA) is 89.5 Å². The third-order valence-electron chi connectivity index (χ3n) is 3.89. The molecule has 0 radical (unpaired) electrons. The Bertz CT molecular complexity index is 802. The van der Waals surface area contributed by atoms with Crippen molar-refractivity contribution in [1.82, 2.24) is 10.2 Å². The van der Waals surface area contributed by atoms with Crippen LogP contribution in [0.1, 0.15) is 12.5 Å². The average molecular weight is 297 g/mol. The largest absolute Gasteiger partial charge is 0.548 e. The van der Waals surface area contributed by atoms with E-state index < -0.39 is 30.0 Å². The highest BCUT2D eigenvalue weighted by Gasteiger charge is 2.48. The van der Waals surface area contributed by atoms with E-state index in [4.69, 9.17) is 0 Å². The third kappa shape index (κ3) is 2.09. The number of rotatable bonds is 3. The smallest absolute Gasteiger partial charge is 0.325 e. The zero-order valence-electron chi connectivity index (χ0n) is 11.8. The molecular formula is C16H13N2O4-. The summed E-state index contributed by atoms with van der Waals surface area (Å²) in [6.45, 7) is 0.806. The Kier molecular flexibility index (Phi) is 3.09. The fourth-order valence-electron chi connectivity index (χ4n) is 2.67. The van der Waals surface area contributed by atoms with Crippen molar-refractivity contribution in [2.24, 2.45) is 0 Å². The number of carboxylic acid groups (broad SMARTS) is 1. The molecule has 1 saturated heterocycles. The average Bonchev–Trinajstić information content (AvgIpc) is 2.71. The lowest BCUT2D eigenvalue weighted by Gasteiger charge is -2.22. The van der Waals surface area contributed by atoms with E-state index in [1.807, 2.05) is 36.4 Å². The van der Waals surface area contributed by atoms with Gasteiger partial charge in [0.05, 0.1) is 12.5 Å². The summed E-state index contributed by atoms with van der Waals surface area (Å²) in [5.74, 6) is -2.08. The Balaban J connectivity index is 2.03. The van der Waals surface area contributed by atoms with E-state index >= 15 is 0 Å². The molecule has 6 heteroatoms. The lowest BCUT2D eigenvalue weighted by Crippen LogP contribution is -2.43. The van der Waals surface area contributed by atoms with Crippen molar-refractivity contribution in [1.29, 1.82) is 0 Å². The van der Waals surface area contributed by atoms with Crippen LogP contribution in [0.4, 0.5) is 4.79 Å². The first-order valence-corrected chi connectivity index (χ1v) is 6.75. The number of imide groups is 1. The number of hydrogen-bond acceptors (Lipinski definition) is 4. The van der Waals surface area contributed by atoms with Gasteiger partial charge in [0.15, 0.2) is 0 Å². The summed E-state index contributed by atoms with van der Waals surface area (Å²) in [6, 6.07) is 12.3. The number of amides is 3. The van der Waals surface area contributed by atoms with Crippen LogP contribution in [0.2, 0.25) is 0 Å². The molecule has 0 aromatic heterocycles. The number of carboxylic acids is 1. The monoisotopic (exact) mass is 297 g/mol. The van der Waals surface area contributed by atoms with Crippen LogP contribution in [-0.4, -0.2) is 29.4 Å². The molecule has 0 aliphatic carbocycles. The van der Waals surface area contributed by atoms with Gasteiger partial charge in [-0.3, -0.25) is 9.69 Å². The number of nitrogens with one attached hydrogen (secondary N) is 1. The van der Waals surface area contributed by atoms with Gasteiger partial charge in [-0.15, -0.1) is 0 Å². The highest BCUT2D eigenvalue weighted by Crippen LogP contribution is 2.30. The Morgan fingerprint density at radius 2 is 1.86 bits per heavy atom. The highest BCUT2D eigenvalue weighted by atomic mass is 16.4. The van der Waals surface area contributed by atoms with E-state index in [2.05, 4.69) is 5.32 Å². The van der Waals surface area contributed by atoms with Crippen molar-refractivity contribution in [3.8, 4) is 0 Å². The highest BCUT2D eigenvalue weighted by molar-refractivity contribution is 6.09. The summed E-state index contributed by atoms with van der Waals surface area (Å²) in [5.41, 5.74) is -0.679. The van der Waals surface area contributed by atoms with Crippen LogP contribution in [0.25, 0.3) is 10.8 Å². The third-order valence-corrected chi connectivity index (χ3v) is 3.89. The van der Waals surface area contributed by atoms with Crippen LogP contribution in [0.3, 0.4) is 0 Å². The molecule has 1 aliphatic rings. The van der Waals surface area contributed by atoms with Gasteiger partial charge in [0.25, 0.3) is 5.91 Å². The number of hydrogen-bond donors (Lipinski definition) is 1. The van der Waals surface area contributed by atoms with Gasteiger partial charge >= 0.3 is 6.03 Å². The number of benzene rings is 2. The summed E-state index contributed by atoms with van der Waals surface area (Å²) < 4.78 is 0. The van der Waals surface area contributed by atoms with Gasteiger partial charge in [0.2, 0.25) is 0 Å². The van der Waals surface area contributed by atoms with Gasteiger partial charge < -0.3 is 15.2 Å². The number of aliphatic carboxylic acids is 1. The molecule has 2 aromatic carbocycles. The minimum absolute atomic E-state index is 0.600. The van der Waals surface area contributed by atoms with Crippen molar-refractivity contribution < 1.29 is 19.5 Å². The SMILES string of the molecule is C[C@@]1(c2ccc3ccccc3c2)NC(=O)N(CC(=O)[O-])C1=O. The lowest BCUT2D eigenvalue weighted by atomic mass is 9.90. The van der Waals surface area contributed by atoms with E-state index in [-0.39, 0.29) is 0 Å². The maximum atomic E-state index is 12.5. The van der Waals surface area contributed by atoms with Crippen molar-refractivity contribution in [2.75, 3.05) is 6.54 Å². The quantitative estimate of drug-likeness (QED) is 0.828. The lowest BCUT2D eigenvalue weighted by molar-refractivity contribution is -0.305. The van der Waals surface area contributed by atoms with Crippen LogP contribution in [0, 0.1) is 0 Å². The molecule has 0 spiro atoms. The first kappa shape index (κ1) is 14.1. The predicted octanol–water partition coefficient (Wildman–Crippen LogP) is 0.357. The standard InChI is InChI=1S/C16H14N2O4/c1-16(14(21)18(9-13(19)20)15(22)17-16)12-7-6-10-4-2-3-5-11(10)8-12/h2-8H,9H2,1H3,(H,17,22)(H,19,20)/p-1/t16-/m0/s1. The predicted molar refractivity (Wildman–Crippen MR) is 76.6 cm³/mol. The molecule has 0 bridgehead atoms. The van der Waals surface area contributed by atoms with Gasteiger partial charge in [-0.2, -0.15) is 0 Å². The number of fused-ring (bicyclic) bond motifs is 1. The van der Waals surface area contributed by atoms with Crippen molar-refractivity contribution in [2.45, 2.75) is 12.5 Å². The number of carbonyl (C=O) groups is 3. The molecule has 3 rings (SSSR count). The molecule has 6 nitrogen and oxygen atoms in total. The zero-order chi connectivity index (χ0) is 15.9. The molecular weight excluding hydrogens is 284 g/mol. The molecule has 2 aromatic rings. The van der Waals surface area contributed by atoms with E-state index in [9.17, 15) is 19.5 Å². The second-order valence-electron chi connectivity index (χ2n) is 5.38. The summed E-state index contributed by atoms with van der Waals surface area (Å²) >= 11 is 0. The molecule has 1 heterocycles. The van der Waals surface area contributed by atoms with Gasteiger partial charge in [0, 0.05) is 0 Å². The van der Waals surface area contributed by atoms with Crippen LogP contribution in [0.5, 0.6) is 0 Å². The summed E-state index contributed by atoms with van der Waals surface area (Å²) in [7, 11) is 0. The molecule has 22 heavy (non-hydrogen) atoms. The van der Waals surface area contributed by atoms with Gasteiger partial charge in [0.1, 0.15) is 5.54 Å². The molecule has 3 amide bonds. The fraction of sp³-hybridized carbons (Fsp3) is 0.188. The molecule has 1 aliphatic heterocycles. The molecule has 112 valence electrons. The van der Waals surface area contributed by atoms with Crippen LogP contribution in [-0.2, 0) is 15.1 Å². The number of carbonyl (C=O) groups excluding carboxylic acids is 3. The molecule has 0 saturated carbocycles. The Labute approximate surface area is 126 Å². The minimum atomic E-state index is -1.48. The molecule has 1 N–H and O–H groups in total. The van der Waals surface area contributed by atoms with Crippen LogP contribution < -0.4 is 10.4 Å². The summed E-state index contributed by atoms with van der Waals surface area (Å²) in [5, 5.41) is 15.2. The van der Waals surface area contributed by atoms with Crippen molar-refractivity contribution in [3.05, 3.63) is 48.0 Å². The number of nitrogens with zero attached hydrogens (tertiary/aromatic N) is 1. The van der Waals surface area contributed by atoms with Gasteiger partial charge in [-0.1, -0.05) is 36.4 Å². The first-order valence-electron chi connectivity index (χ1n) is 6.75. The number of urea groups is 1. The second kappa shape index (κ2) is 4.84. The Morgan fingerprint density at radius 3 is 2.55 bits per heavy atom. The normalized spacial score (nSPS) is 21.2. The zero-order valence-corrected chi connectivity index (χ0v) is 11.8. The van der Waals surface area contributed by atoms with E-state index in [0.717, 1.165) is 10.8 Å². The van der Waals surface area contributed by atoms with E-state index in [1.54, 1.807) is 13.0 Å². The summed E-state index contributed by atoms with van der Waals surface area (Å²) in [6.07, 6.45) is 0. The van der Waals surface area contributed by atoms with Gasteiger partial charge in [-0.05, 0) is 29.3 Å². The van der Waals surface area contributed by atoms with Crippen molar-refractivity contribution in [3.63, 3.8) is 0 Å². The van der Waals surface area contributed by atoms with Crippen LogP contribution >= 0.6 is 0 Å². The van der Waals surface area contributed by atoms with E-state index in [1.165, 1.54) is 0 Å². The van der Waals surface area contributed by atoms with E-state index in [0.29, 0.717) is 10.5 Å². The van der Waals surface area contributed by atoms with Crippen LogP contribution in [0.15, 0.2) is 42.5 Å². The first-order chi connectivity index (χ1) is 10.4. The molecule has 1 atom stereocenters. The maximum Gasteiger partial charge on any atom is 0.325 e. The fourth-order valence-corrected chi connectivity index (χ4v) is 2.67. The molecule has 0 unspecified atom stereocenters. The minimum Gasteiger partial charge on any atom is -0.548 e. The Hall–Kier alpha value is -2.89. The molecule has 1 fully saturated rings. The Morgan fingerprint density at radius 1 is 1.18 bits per heavy atom. The van der Waals surface area contributed by atoms with Crippen molar-refractivity contribution >= 4 is 28.7 Å². The summed E-state index contributed by atoms with van der Waals surface area (Å²) in [4.78, 5) is 35.7.